The topological polar surface area (TPSA) is 0 Å². The molecule has 0 spiro atoms. The maximum Gasteiger partial charge on any atom is 0.0835 e. The van der Waals surface area contributed by atoms with E-state index in [4.69, 9.17) is 0 Å². The molecule has 0 radical (unpaired) electrons. The summed E-state index contributed by atoms with van der Waals surface area (Å²) >= 11 is 0. The van der Waals surface area contributed by atoms with Crippen molar-refractivity contribution in [2.75, 3.05) is 0 Å². The minimum absolute atomic E-state index is 0.236. The molecule has 0 saturated heterocycles. The van der Waals surface area contributed by atoms with Gasteiger partial charge in [0, 0.05) is 0 Å². The molecule has 17 heavy (non-hydrogen) atoms. The number of allylic oxidation sites excluding steroid dienone is 4. The van der Waals surface area contributed by atoms with Gasteiger partial charge in [0.05, 0.1) is 9.52 Å². The van der Waals surface area contributed by atoms with Crippen molar-refractivity contribution >= 4 is 14.7 Å². The largest absolute Gasteiger partial charge is 0.0835 e. The monoisotopic (exact) mass is 242 g/mol. The molecule has 0 N–H and O–H groups in total. The van der Waals surface area contributed by atoms with Crippen LogP contribution >= 0.6 is 0 Å². The van der Waals surface area contributed by atoms with E-state index in [0.29, 0.717) is 0 Å². The lowest BCUT2D eigenvalue weighted by Gasteiger charge is -2.10. The van der Waals surface area contributed by atoms with Crippen LogP contribution in [0.25, 0.3) is 0 Å². The van der Waals surface area contributed by atoms with Crippen LogP contribution in [0.15, 0.2) is 46.7 Å². The average Bonchev–Trinajstić information content (AvgIpc) is 2.61. The highest BCUT2D eigenvalue weighted by Crippen LogP contribution is 2.23. The molecule has 0 atom stereocenters. The Morgan fingerprint density at radius 2 is 1.94 bits per heavy atom. The minimum Gasteiger partial charge on any atom is -0.0758 e. The Labute approximate surface area is 107 Å². The van der Waals surface area contributed by atoms with Crippen molar-refractivity contribution in [1.29, 1.82) is 0 Å². The van der Waals surface area contributed by atoms with Crippen LogP contribution in [0, 0.1) is 0 Å². The van der Waals surface area contributed by atoms with Gasteiger partial charge in [-0.15, -0.1) is 0 Å². The molecule has 0 heterocycles. The zero-order valence-corrected chi connectivity index (χ0v) is 12.6. The van der Waals surface area contributed by atoms with Crippen molar-refractivity contribution in [3.05, 3.63) is 52.2 Å². The van der Waals surface area contributed by atoms with Gasteiger partial charge in [-0.1, -0.05) is 65.2 Å². The number of aryl methyl sites for hydroxylation is 1. The van der Waals surface area contributed by atoms with Crippen molar-refractivity contribution in [3.63, 3.8) is 0 Å². The molecular weight excluding hydrogens is 220 g/mol. The van der Waals surface area contributed by atoms with E-state index in [1.165, 1.54) is 24.8 Å². The van der Waals surface area contributed by atoms with Gasteiger partial charge in [-0.2, -0.15) is 0 Å². The molecule has 1 aromatic rings. The Morgan fingerprint density at radius 1 is 1.18 bits per heavy atom. The van der Waals surface area contributed by atoms with E-state index in [1.807, 2.05) is 0 Å². The summed E-state index contributed by atoms with van der Waals surface area (Å²) < 4.78 is 0. The fourth-order valence-electron chi connectivity index (χ4n) is 2.67. The third kappa shape index (κ3) is 2.98. The molecule has 90 valence electrons. The molecular formula is C16H22Si. The third-order valence-corrected chi connectivity index (χ3v) is 5.86. The summed E-state index contributed by atoms with van der Waals surface area (Å²) in [5.74, 6) is 0. The zero-order chi connectivity index (χ0) is 12.3. The van der Waals surface area contributed by atoms with E-state index in [1.54, 1.807) is 21.5 Å². The lowest BCUT2D eigenvalue weighted by molar-refractivity contribution is 0.927. The van der Waals surface area contributed by atoms with Crippen molar-refractivity contribution in [2.24, 2.45) is 0 Å². The predicted molar refractivity (Wildman–Crippen MR) is 79.7 cm³/mol. The Hall–Kier alpha value is -1.08. The summed E-state index contributed by atoms with van der Waals surface area (Å²) in [5, 5.41) is 3.40. The van der Waals surface area contributed by atoms with Gasteiger partial charge in [-0.3, -0.25) is 0 Å². The first-order valence-electron chi connectivity index (χ1n) is 6.63. The molecule has 1 aromatic carbocycles. The van der Waals surface area contributed by atoms with Gasteiger partial charge in [-0.25, -0.2) is 0 Å². The summed E-state index contributed by atoms with van der Waals surface area (Å²) in [6.07, 6.45) is 6.09. The SMILES string of the molecule is CCCc1ccccc1[SiH2]C1=C(C)C=C(C)C1. The second-order valence-electron chi connectivity index (χ2n) is 5.15. The van der Waals surface area contributed by atoms with Crippen LogP contribution in [0.5, 0.6) is 0 Å². The van der Waals surface area contributed by atoms with Gasteiger partial charge in [0.25, 0.3) is 0 Å². The number of hydrogen-bond acceptors (Lipinski definition) is 0. The van der Waals surface area contributed by atoms with Crippen LogP contribution in [-0.4, -0.2) is 9.52 Å². The van der Waals surface area contributed by atoms with E-state index in [-0.39, 0.29) is 9.52 Å². The molecule has 0 saturated carbocycles. The second kappa shape index (κ2) is 5.50. The van der Waals surface area contributed by atoms with E-state index in [9.17, 15) is 0 Å². The molecule has 1 heteroatoms. The van der Waals surface area contributed by atoms with Crippen LogP contribution < -0.4 is 5.19 Å². The predicted octanol–water partition coefficient (Wildman–Crippen LogP) is 3.06. The quantitative estimate of drug-likeness (QED) is 0.712. The summed E-state index contributed by atoms with van der Waals surface area (Å²) in [7, 11) is -0.236. The molecule has 0 nitrogen and oxygen atoms in total. The first-order valence-corrected chi connectivity index (χ1v) is 8.04. The normalized spacial score (nSPS) is 16.1. The first-order chi connectivity index (χ1) is 8.20. The fraction of sp³-hybridized carbons (Fsp3) is 0.375. The summed E-state index contributed by atoms with van der Waals surface area (Å²) in [5.41, 5.74) is 4.67. The van der Waals surface area contributed by atoms with Crippen molar-refractivity contribution in [3.8, 4) is 0 Å². The van der Waals surface area contributed by atoms with Gasteiger partial charge in [0.2, 0.25) is 0 Å². The van der Waals surface area contributed by atoms with Crippen molar-refractivity contribution in [2.45, 2.75) is 40.0 Å². The van der Waals surface area contributed by atoms with Crippen LogP contribution in [0.4, 0.5) is 0 Å². The van der Waals surface area contributed by atoms with Gasteiger partial charge in [0.15, 0.2) is 0 Å². The minimum atomic E-state index is -0.236. The van der Waals surface area contributed by atoms with Crippen LogP contribution in [0.3, 0.4) is 0 Å². The van der Waals surface area contributed by atoms with Crippen LogP contribution in [0.2, 0.25) is 0 Å². The van der Waals surface area contributed by atoms with Crippen molar-refractivity contribution < 1.29 is 0 Å². The highest BCUT2D eigenvalue weighted by Gasteiger charge is 2.12. The Bertz CT molecular complexity index is 466. The van der Waals surface area contributed by atoms with E-state index < -0.39 is 0 Å². The molecule has 0 fully saturated rings. The average molecular weight is 242 g/mol. The molecule has 0 unspecified atom stereocenters. The molecule has 0 aliphatic heterocycles. The van der Waals surface area contributed by atoms with E-state index in [2.05, 4.69) is 51.1 Å². The zero-order valence-electron chi connectivity index (χ0n) is 11.2. The number of rotatable bonds is 4. The summed E-state index contributed by atoms with van der Waals surface area (Å²) in [6.45, 7) is 6.80. The smallest absolute Gasteiger partial charge is 0.0758 e. The lowest BCUT2D eigenvalue weighted by Crippen LogP contribution is -2.21. The van der Waals surface area contributed by atoms with Gasteiger partial charge >= 0.3 is 0 Å². The number of hydrogen-bond donors (Lipinski definition) is 0. The number of benzene rings is 1. The van der Waals surface area contributed by atoms with E-state index >= 15 is 0 Å². The summed E-state index contributed by atoms with van der Waals surface area (Å²) in [4.78, 5) is 0. The fourth-order valence-corrected chi connectivity index (χ4v) is 4.81. The Kier molecular flexibility index (Phi) is 4.00. The highest BCUT2D eigenvalue weighted by atomic mass is 28.2. The second-order valence-corrected chi connectivity index (χ2v) is 7.12. The standard InChI is InChI=1S/C16H22Si/c1-4-7-14-8-5-6-9-15(14)17-16-11-12(2)10-13(16)3/h5-6,8-10H,4,7,11,17H2,1-3H3. The Morgan fingerprint density at radius 3 is 2.59 bits per heavy atom. The molecule has 2 rings (SSSR count). The molecule has 0 amide bonds. The molecule has 1 aliphatic rings. The Balaban J connectivity index is 2.17. The third-order valence-electron chi connectivity index (χ3n) is 3.55. The maximum absolute atomic E-state index is 2.37. The van der Waals surface area contributed by atoms with Crippen LogP contribution in [-0.2, 0) is 6.42 Å². The lowest BCUT2D eigenvalue weighted by atomic mass is 10.1. The molecule has 0 aromatic heterocycles. The van der Waals surface area contributed by atoms with E-state index in [0.717, 1.165) is 0 Å². The van der Waals surface area contributed by atoms with Gasteiger partial charge < -0.3 is 0 Å². The first kappa shape index (κ1) is 12.4. The van der Waals surface area contributed by atoms with Gasteiger partial charge in [-0.05, 0) is 32.3 Å². The highest BCUT2D eigenvalue weighted by molar-refractivity contribution is 6.61. The molecule has 0 bridgehead atoms. The van der Waals surface area contributed by atoms with Crippen LogP contribution in [0.1, 0.15) is 39.2 Å². The summed E-state index contributed by atoms with van der Waals surface area (Å²) in [6, 6.07) is 9.05. The maximum atomic E-state index is 2.37. The molecule has 1 aliphatic carbocycles. The van der Waals surface area contributed by atoms with Crippen molar-refractivity contribution in [1.82, 2.24) is 0 Å². The van der Waals surface area contributed by atoms with Gasteiger partial charge in [0.1, 0.15) is 0 Å².